The Hall–Kier alpha value is -2.72. The van der Waals surface area contributed by atoms with Crippen LogP contribution in [0.25, 0.3) is 0 Å². The Bertz CT molecular complexity index is 996. The first-order valence-corrected chi connectivity index (χ1v) is 10.8. The summed E-state index contributed by atoms with van der Waals surface area (Å²) in [5.74, 6) is -0.690. The Balaban J connectivity index is 1.72. The van der Waals surface area contributed by atoms with E-state index in [1.807, 2.05) is 0 Å². The zero-order valence-corrected chi connectivity index (χ0v) is 17.4. The van der Waals surface area contributed by atoms with Gasteiger partial charge in [0.15, 0.2) is 5.82 Å². The molecule has 1 aliphatic rings. The second-order valence-electron chi connectivity index (χ2n) is 6.82. The number of nitrogens with one attached hydrogen (secondary N) is 1. The molecule has 2 heterocycles. The van der Waals surface area contributed by atoms with E-state index in [0.29, 0.717) is 30.2 Å². The number of benzene rings is 1. The molecule has 0 spiro atoms. The van der Waals surface area contributed by atoms with E-state index in [1.165, 1.54) is 27.6 Å². The summed E-state index contributed by atoms with van der Waals surface area (Å²) in [5.41, 5.74) is 1.26. The van der Waals surface area contributed by atoms with Gasteiger partial charge in [0.1, 0.15) is 6.26 Å². The van der Waals surface area contributed by atoms with Gasteiger partial charge in [-0.2, -0.15) is 4.31 Å². The zero-order valence-electron chi connectivity index (χ0n) is 16.6. The van der Waals surface area contributed by atoms with Gasteiger partial charge in [0.2, 0.25) is 21.8 Å². The number of amides is 2. The van der Waals surface area contributed by atoms with Crippen LogP contribution in [0.15, 0.2) is 39.9 Å². The molecular formula is C19H24N4O5S. The predicted octanol–water partition coefficient (Wildman–Crippen LogP) is 2.01. The third-order valence-corrected chi connectivity index (χ3v) is 7.04. The Labute approximate surface area is 169 Å². The molecule has 9 nitrogen and oxygen atoms in total. The molecule has 1 aliphatic heterocycles. The molecule has 2 aromatic rings. The van der Waals surface area contributed by atoms with Crippen molar-refractivity contribution < 1.29 is 22.5 Å². The van der Waals surface area contributed by atoms with E-state index in [4.69, 9.17) is 4.52 Å². The molecule has 0 aliphatic carbocycles. The lowest BCUT2D eigenvalue weighted by Crippen LogP contribution is -2.31. The summed E-state index contributed by atoms with van der Waals surface area (Å²) >= 11 is 0. The fourth-order valence-corrected chi connectivity index (χ4v) is 4.73. The van der Waals surface area contributed by atoms with Gasteiger partial charge >= 0.3 is 0 Å². The molecule has 1 aromatic heterocycles. The summed E-state index contributed by atoms with van der Waals surface area (Å²) in [5, 5.41) is 6.39. The lowest BCUT2D eigenvalue weighted by Gasteiger charge is -2.20. The minimum absolute atomic E-state index is 0.0717. The van der Waals surface area contributed by atoms with Gasteiger partial charge in [0, 0.05) is 37.3 Å². The maximum atomic E-state index is 12.6. The normalized spacial score (nSPS) is 17.2. The highest BCUT2D eigenvalue weighted by molar-refractivity contribution is 7.89. The lowest BCUT2D eigenvalue weighted by molar-refractivity contribution is -0.122. The molecule has 1 atom stereocenters. The summed E-state index contributed by atoms with van der Waals surface area (Å²) < 4.78 is 31.3. The number of aryl methyl sites for hydroxylation is 1. The maximum absolute atomic E-state index is 12.6. The molecular weight excluding hydrogens is 396 g/mol. The van der Waals surface area contributed by atoms with Crippen molar-refractivity contribution >= 4 is 33.3 Å². The van der Waals surface area contributed by atoms with Gasteiger partial charge in [-0.3, -0.25) is 9.59 Å². The Morgan fingerprint density at radius 3 is 2.48 bits per heavy atom. The number of aromatic nitrogens is 1. The van der Waals surface area contributed by atoms with Gasteiger partial charge in [-0.1, -0.05) is 19.0 Å². The highest BCUT2D eigenvalue weighted by Gasteiger charge is 2.35. The van der Waals surface area contributed by atoms with Gasteiger partial charge in [-0.05, 0) is 31.2 Å². The van der Waals surface area contributed by atoms with Crippen molar-refractivity contribution in [3.8, 4) is 0 Å². The summed E-state index contributed by atoms with van der Waals surface area (Å²) in [6, 6.07) is 6.16. The maximum Gasteiger partial charge on any atom is 0.243 e. The molecule has 2 amide bonds. The summed E-state index contributed by atoms with van der Waals surface area (Å²) in [7, 11) is -3.56. The van der Waals surface area contributed by atoms with Crippen LogP contribution in [0.1, 0.15) is 25.8 Å². The number of hydrogen-bond acceptors (Lipinski definition) is 6. The second kappa shape index (κ2) is 8.34. The van der Waals surface area contributed by atoms with Crippen molar-refractivity contribution in [2.24, 2.45) is 5.92 Å². The molecule has 0 radical (unpaired) electrons. The second-order valence-corrected chi connectivity index (χ2v) is 8.76. The number of anilines is 2. The minimum atomic E-state index is -3.56. The summed E-state index contributed by atoms with van der Waals surface area (Å²) in [6.07, 6.45) is 1.50. The van der Waals surface area contributed by atoms with Crippen LogP contribution in [0.4, 0.5) is 11.5 Å². The van der Waals surface area contributed by atoms with E-state index in [1.54, 1.807) is 32.9 Å². The molecule has 0 bridgehead atoms. The zero-order chi connectivity index (χ0) is 21.2. The van der Waals surface area contributed by atoms with E-state index >= 15 is 0 Å². The number of sulfonamides is 1. The highest BCUT2D eigenvalue weighted by atomic mass is 32.2. The van der Waals surface area contributed by atoms with Crippen molar-refractivity contribution in [2.75, 3.05) is 29.9 Å². The van der Waals surface area contributed by atoms with Gasteiger partial charge in [0.25, 0.3) is 0 Å². The molecule has 1 N–H and O–H groups in total. The molecule has 156 valence electrons. The first-order valence-electron chi connectivity index (χ1n) is 9.40. The van der Waals surface area contributed by atoms with Crippen LogP contribution in [-0.2, 0) is 19.6 Å². The lowest BCUT2D eigenvalue weighted by atomic mass is 10.1. The van der Waals surface area contributed by atoms with Gasteiger partial charge < -0.3 is 14.7 Å². The molecule has 0 saturated carbocycles. The van der Waals surface area contributed by atoms with Crippen LogP contribution in [0.5, 0.6) is 0 Å². The van der Waals surface area contributed by atoms with Crippen LogP contribution in [-0.4, -0.2) is 49.3 Å². The minimum Gasteiger partial charge on any atom is -0.362 e. The average molecular weight is 420 g/mol. The number of hydrogen-bond donors (Lipinski definition) is 1. The predicted molar refractivity (Wildman–Crippen MR) is 107 cm³/mol. The van der Waals surface area contributed by atoms with Crippen molar-refractivity contribution in [2.45, 2.75) is 32.1 Å². The van der Waals surface area contributed by atoms with Crippen molar-refractivity contribution in [1.82, 2.24) is 9.46 Å². The standard InChI is InChI=1S/C19H24N4O5S/c1-4-22(5-2)29(26,27)16-8-6-15(7-9-16)23-11-14(10-17(23)24)19(25)20-18-13(3)12-28-21-18/h6-9,12,14H,4-5,10-11H2,1-3H3,(H,20,21,25)/t14-/m1/s1. The van der Waals surface area contributed by atoms with Crippen LogP contribution >= 0.6 is 0 Å². The van der Waals surface area contributed by atoms with Gasteiger partial charge in [0.05, 0.1) is 10.8 Å². The van der Waals surface area contributed by atoms with E-state index in [2.05, 4.69) is 10.5 Å². The average Bonchev–Trinajstić information content (AvgIpc) is 3.28. The first-order chi connectivity index (χ1) is 13.8. The van der Waals surface area contributed by atoms with E-state index in [0.717, 1.165) is 0 Å². The molecule has 1 saturated heterocycles. The molecule has 1 aromatic carbocycles. The molecule has 10 heteroatoms. The Kier molecular flexibility index (Phi) is 6.04. The van der Waals surface area contributed by atoms with E-state index in [-0.39, 0.29) is 29.7 Å². The van der Waals surface area contributed by atoms with Crippen molar-refractivity contribution in [3.63, 3.8) is 0 Å². The molecule has 3 rings (SSSR count). The van der Waals surface area contributed by atoms with Crippen LogP contribution < -0.4 is 10.2 Å². The number of rotatable bonds is 7. The summed E-state index contributed by atoms with van der Waals surface area (Å²) in [4.78, 5) is 26.6. The number of carbonyl (C=O) groups is 2. The molecule has 1 fully saturated rings. The topological polar surface area (TPSA) is 113 Å². The van der Waals surface area contributed by atoms with Crippen molar-refractivity contribution in [3.05, 3.63) is 36.1 Å². The smallest absolute Gasteiger partial charge is 0.243 e. The molecule has 29 heavy (non-hydrogen) atoms. The SMILES string of the molecule is CCN(CC)S(=O)(=O)c1ccc(N2C[C@H](C(=O)Nc3nocc3C)CC2=O)cc1. The highest BCUT2D eigenvalue weighted by Crippen LogP contribution is 2.28. The van der Waals surface area contributed by atoms with Crippen LogP contribution in [0.3, 0.4) is 0 Å². The third kappa shape index (κ3) is 4.18. The number of carbonyl (C=O) groups excluding carboxylic acids is 2. The van der Waals surface area contributed by atoms with Crippen LogP contribution in [0.2, 0.25) is 0 Å². The largest absolute Gasteiger partial charge is 0.362 e. The first kappa shape index (κ1) is 21.0. The number of nitrogens with zero attached hydrogens (tertiary/aromatic N) is 3. The molecule has 0 unspecified atom stereocenters. The fraction of sp³-hybridized carbons (Fsp3) is 0.421. The van der Waals surface area contributed by atoms with Gasteiger partial charge in [-0.15, -0.1) is 0 Å². The van der Waals surface area contributed by atoms with Gasteiger partial charge in [-0.25, -0.2) is 8.42 Å². The Morgan fingerprint density at radius 1 is 1.28 bits per heavy atom. The monoisotopic (exact) mass is 420 g/mol. The van der Waals surface area contributed by atoms with E-state index in [9.17, 15) is 18.0 Å². The summed E-state index contributed by atoms with van der Waals surface area (Å²) in [6.45, 7) is 6.30. The van der Waals surface area contributed by atoms with E-state index < -0.39 is 15.9 Å². The van der Waals surface area contributed by atoms with Crippen molar-refractivity contribution in [1.29, 1.82) is 0 Å². The third-order valence-electron chi connectivity index (χ3n) is 4.98. The Morgan fingerprint density at radius 2 is 1.93 bits per heavy atom. The quantitative estimate of drug-likeness (QED) is 0.733. The fourth-order valence-electron chi connectivity index (χ4n) is 3.27. The van der Waals surface area contributed by atoms with Crippen LogP contribution in [0, 0.1) is 12.8 Å².